The Balaban J connectivity index is 0.00000171. The molecular formula is C22H20Cl3N5O. The van der Waals surface area contributed by atoms with Gasteiger partial charge < -0.3 is 10.6 Å². The minimum absolute atomic E-state index is 0. The van der Waals surface area contributed by atoms with Crippen LogP contribution in [0.3, 0.4) is 0 Å². The van der Waals surface area contributed by atoms with Crippen molar-refractivity contribution in [2.75, 3.05) is 12.4 Å². The molecule has 6 nitrogen and oxygen atoms in total. The van der Waals surface area contributed by atoms with Crippen molar-refractivity contribution in [3.05, 3.63) is 88.8 Å². The first-order valence-electron chi connectivity index (χ1n) is 9.08. The highest BCUT2D eigenvalue weighted by Gasteiger charge is 2.12. The zero-order valence-corrected chi connectivity index (χ0v) is 18.9. The summed E-state index contributed by atoms with van der Waals surface area (Å²) in [5.41, 5.74) is 3.03. The summed E-state index contributed by atoms with van der Waals surface area (Å²) < 4.78 is 0. The van der Waals surface area contributed by atoms with E-state index in [9.17, 15) is 4.79 Å². The van der Waals surface area contributed by atoms with Crippen LogP contribution in [0.4, 0.5) is 11.5 Å². The van der Waals surface area contributed by atoms with E-state index in [0.717, 1.165) is 27.7 Å². The van der Waals surface area contributed by atoms with Crippen molar-refractivity contribution in [3.8, 4) is 0 Å². The Hall–Kier alpha value is -2.93. The monoisotopic (exact) mass is 475 g/mol. The molecule has 0 unspecified atom stereocenters. The lowest BCUT2D eigenvalue weighted by atomic mass is 10.0. The third-order valence-corrected chi connectivity index (χ3v) is 4.78. The number of anilines is 2. The molecule has 4 rings (SSSR count). The van der Waals surface area contributed by atoms with Gasteiger partial charge in [0.25, 0.3) is 5.91 Å². The number of rotatable bonds is 5. The number of carbonyl (C=O) groups is 1. The van der Waals surface area contributed by atoms with Gasteiger partial charge >= 0.3 is 0 Å². The van der Waals surface area contributed by atoms with Crippen molar-refractivity contribution in [1.29, 1.82) is 0 Å². The van der Waals surface area contributed by atoms with Crippen LogP contribution in [-0.4, -0.2) is 28.1 Å². The third kappa shape index (κ3) is 5.61. The fourth-order valence-electron chi connectivity index (χ4n) is 3.08. The second-order valence-electron chi connectivity index (χ2n) is 6.48. The summed E-state index contributed by atoms with van der Waals surface area (Å²) in [5, 5.41) is 17.4. The third-order valence-electron chi connectivity index (χ3n) is 4.53. The van der Waals surface area contributed by atoms with Gasteiger partial charge in [0.15, 0.2) is 5.82 Å². The van der Waals surface area contributed by atoms with Crippen LogP contribution in [0, 0.1) is 0 Å². The average Bonchev–Trinajstić information content (AvgIpc) is 2.76. The summed E-state index contributed by atoms with van der Waals surface area (Å²) in [6.45, 7) is 0. The molecule has 2 aromatic heterocycles. The fourth-order valence-corrected chi connectivity index (χ4v) is 3.21. The minimum Gasteiger partial charge on any atom is -0.354 e. The smallest absolute Gasteiger partial charge is 0.269 e. The summed E-state index contributed by atoms with van der Waals surface area (Å²) in [6, 6.07) is 19.1. The number of halogens is 3. The number of fused-ring (bicyclic) bond motifs is 1. The molecule has 0 aliphatic rings. The highest BCUT2D eigenvalue weighted by Crippen LogP contribution is 2.27. The summed E-state index contributed by atoms with van der Waals surface area (Å²) in [4.78, 5) is 16.0. The van der Waals surface area contributed by atoms with E-state index in [-0.39, 0.29) is 30.7 Å². The largest absolute Gasteiger partial charge is 0.354 e. The van der Waals surface area contributed by atoms with E-state index in [4.69, 9.17) is 11.6 Å². The van der Waals surface area contributed by atoms with Crippen LogP contribution in [-0.2, 0) is 6.42 Å². The van der Waals surface area contributed by atoms with Crippen LogP contribution >= 0.6 is 36.4 Å². The molecule has 9 heteroatoms. The number of carbonyl (C=O) groups excluding carboxylic acids is 1. The standard InChI is InChI=1S/C22H18ClN5O.2ClH/c1-24-22(29)20-13-14(10-11-25-20)12-19-17-4-2-3-5-18(17)21(28-27-19)26-16-8-6-15(23)7-9-16;;/h2-11,13H,12H2,1H3,(H,24,29)(H,26,28);2*1H. The van der Waals surface area contributed by atoms with E-state index in [1.807, 2.05) is 54.6 Å². The lowest BCUT2D eigenvalue weighted by Crippen LogP contribution is -2.19. The van der Waals surface area contributed by atoms with Crippen molar-refractivity contribution < 1.29 is 4.79 Å². The Morgan fingerprint density at radius 2 is 1.68 bits per heavy atom. The van der Waals surface area contributed by atoms with Gasteiger partial charge in [-0.15, -0.1) is 29.9 Å². The van der Waals surface area contributed by atoms with Crippen LogP contribution in [0.5, 0.6) is 0 Å². The van der Waals surface area contributed by atoms with Gasteiger partial charge in [-0.3, -0.25) is 9.78 Å². The fraction of sp³-hybridized carbons (Fsp3) is 0.0909. The molecule has 1 amide bonds. The Morgan fingerprint density at radius 3 is 2.39 bits per heavy atom. The minimum atomic E-state index is -0.217. The van der Waals surface area contributed by atoms with Crippen LogP contribution in [0.2, 0.25) is 5.02 Å². The Morgan fingerprint density at radius 1 is 0.968 bits per heavy atom. The molecule has 0 aliphatic carbocycles. The summed E-state index contributed by atoms with van der Waals surface area (Å²) in [5.74, 6) is 0.456. The van der Waals surface area contributed by atoms with Gasteiger partial charge in [-0.1, -0.05) is 35.9 Å². The van der Waals surface area contributed by atoms with E-state index in [0.29, 0.717) is 23.0 Å². The number of aromatic nitrogens is 3. The number of nitrogens with zero attached hydrogens (tertiary/aromatic N) is 3. The molecule has 2 heterocycles. The van der Waals surface area contributed by atoms with Gasteiger partial charge in [0.05, 0.1) is 5.69 Å². The van der Waals surface area contributed by atoms with E-state index < -0.39 is 0 Å². The molecule has 0 spiro atoms. The Bertz CT molecular complexity index is 1190. The SMILES string of the molecule is CNC(=O)c1cc(Cc2nnc(Nc3ccc(Cl)cc3)c3ccccc23)ccn1.Cl.Cl. The first kappa shape index (κ1) is 24.3. The van der Waals surface area contributed by atoms with Crippen molar-refractivity contribution >= 4 is 64.6 Å². The van der Waals surface area contributed by atoms with Crippen molar-refractivity contribution in [3.63, 3.8) is 0 Å². The second-order valence-corrected chi connectivity index (χ2v) is 6.91. The van der Waals surface area contributed by atoms with Crippen molar-refractivity contribution in [2.45, 2.75) is 6.42 Å². The molecule has 31 heavy (non-hydrogen) atoms. The predicted octanol–water partition coefficient (Wildman–Crippen LogP) is 5.22. The molecule has 0 saturated heterocycles. The molecule has 0 aliphatic heterocycles. The maximum atomic E-state index is 11.9. The summed E-state index contributed by atoms with van der Waals surface area (Å²) >= 11 is 5.96. The quantitative estimate of drug-likeness (QED) is 0.413. The van der Waals surface area contributed by atoms with Gasteiger partial charge in [-0.05, 0) is 42.0 Å². The average molecular weight is 477 g/mol. The van der Waals surface area contributed by atoms with E-state index in [2.05, 4.69) is 25.8 Å². The number of benzene rings is 2. The maximum absolute atomic E-state index is 11.9. The van der Waals surface area contributed by atoms with Crippen LogP contribution < -0.4 is 10.6 Å². The highest BCUT2D eigenvalue weighted by molar-refractivity contribution is 6.30. The van der Waals surface area contributed by atoms with E-state index in [1.165, 1.54) is 0 Å². The highest BCUT2D eigenvalue weighted by atomic mass is 35.5. The normalized spacial score (nSPS) is 10.0. The van der Waals surface area contributed by atoms with E-state index >= 15 is 0 Å². The molecule has 2 aromatic carbocycles. The van der Waals surface area contributed by atoms with Crippen molar-refractivity contribution in [2.24, 2.45) is 0 Å². The summed E-state index contributed by atoms with van der Waals surface area (Å²) in [6.07, 6.45) is 2.17. The number of hydrogen-bond acceptors (Lipinski definition) is 5. The van der Waals surface area contributed by atoms with Crippen LogP contribution in [0.1, 0.15) is 21.7 Å². The van der Waals surface area contributed by atoms with Gasteiger partial charge in [-0.25, -0.2) is 0 Å². The molecule has 4 aromatic rings. The molecule has 0 bridgehead atoms. The zero-order chi connectivity index (χ0) is 20.2. The summed E-state index contributed by atoms with van der Waals surface area (Å²) in [7, 11) is 1.59. The first-order valence-corrected chi connectivity index (χ1v) is 9.46. The molecule has 2 N–H and O–H groups in total. The number of hydrogen-bond donors (Lipinski definition) is 2. The Kier molecular flexibility index (Phi) is 8.56. The molecule has 0 saturated carbocycles. The van der Waals surface area contributed by atoms with E-state index in [1.54, 1.807) is 19.3 Å². The maximum Gasteiger partial charge on any atom is 0.269 e. The first-order chi connectivity index (χ1) is 14.1. The molecule has 0 fully saturated rings. The Labute approximate surface area is 197 Å². The topological polar surface area (TPSA) is 79.8 Å². The van der Waals surface area contributed by atoms with Crippen LogP contribution in [0.15, 0.2) is 66.9 Å². The predicted molar refractivity (Wildman–Crippen MR) is 129 cm³/mol. The molecule has 0 radical (unpaired) electrons. The van der Waals surface area contributed by atoms with Crippen molar-refractivity contribution in [1.82, 2.24) is 20.5 Å². The number of pyridine rings is 1. The lowest BCUT2D eigenvalue weighted by Gasteiger charge is -2.11. The van der Waals surface area contributed by atoms with Crippen LogP contribution in [0.25, 0.3) is 10.8 Å². The second kappa shape index (κ2) is 10.9. The van der Waals surface area contributed by atoms with Gasteiger partial charge in [0, 0.05) is 41.1 Å². The zero-order valence-electron chi connectivity index (χ0n) is 16.5. The molecular weight excluding hydrogens is 457 g/mol. The number of amides is 1. The van der Waals surface area contributed by atoms with Gasteiger partial charge in [0.2, 0.25) is 0 Å². The number of nitrogens with one attached hydrogen (secondary N) is 2. The lowest BCUT2D eigenvalue weighted by molar-refractivity contribution is 0.0958. The van der Waals surface area contributed by atoms with Gasteiger partial charge in [0.1, 0.15) is 5.69 Å². The molecule has 160 valence electrons. The molecule has 0 atom stereocenters. The van der Waals surface area contributed by atoms with Gasteiger partial charge in [-0.2, -0.15) is 5.10 Å².